The van der Waals surface area contributed by atoms with Crippen molar-refractivity contribution in [2.24, 2.45) is 0 Å². The molecule has 0 aliphatic carbocycles. The molecule has 7 heteroatoms. The van der Waals surface area contributed by atoms with Crippen molar-refractivity contribution >= 4 is 11.6 Å². The fourth-order valence-electron chi connectivity index (χ4n) is 2.96. The summed E-state index contributed by atoms with van der Waals surface area (Å²) in [5.74, 6) is 1.22. The van der Waals surface area contributed by atoms with E-state index in [1.165, 1.54) is 0 Å². The van der Waals surface area contributed by atoms with Crippen LogP contribution in [-0.2, 0) is 0 Å². The summed E-state index contributed by atoms with van der Waals surface area (Å²) in [4.78, 5) is 26.5. The molecule has 1 aliphatic rings. The van der Waals surface area contributed by atoms with Crippen molar-refractivity contribution in [1.82, 2.24) is 29.5 Å². The molecule has 3 aromatic rings. The van der Waals surface area contributed by atoms with Gasteiger partial charge < -0.3 is 9.88 Å². The molecule has 1 aliphatic heterocycles. The third kappa shape index (κ3) is 2.05. The van der Waals surface area contributed by atoms with Crippen molar-refractivity contribution in [2.45, 2.75) is 19.3 Å². The van der Waals surface area contributed by atoms with Gasteiger partial charge in [-0.25, -0.2) is 14.5 Å². The second-order valence-corrected chi connectivity index (χ2v) is 5.63. The van der Waals surface area contributed by atoms with E-state index in [-0.39, 0.29) is 11.8 Å². The number of aromatic amines is 1. The first kappa shape index (κ1) is 13.0. The van der Waals surface area contributed by atoms with Gasteiger partial charge in [-0.1, -0.05) is 0 Å². The van der Waals surface area contributed by atoms with E-state index in [4.69, 9.17) is 0 Å². The molecule has 4 heterocycles. The summed E-state index contributed by atoms with van der Waals surface area (Å²) in [6.07, 6.45) is 7.80. The van der Waals surface area contributed by atoms with Gasteiger partial charge in [-0.15, -0.1) is 0 Å². The van der Waals surface area contributed by atoms with E-state index in [2.05, 4.69) is 20.1 Å². The van der Waals surface area contributed by atoms with Gasteiger partial charge in [0.05, 0.1) is 6.20 Å². The van der Waals surface area contributed by atoms with Gasteiger partial charge in [-0.05, 0) is 19.4 Å². The molecule has 112 valence electrons. The highest BCUT2D eigenvalue weighted by molar-refractivity contribution is 5.99. The van der Waals surface area contributed by atoms with Crippen LogP contribution >= 0.6 is 0 Å². The van der Waals surface area contributed by atoms with E-state index in [9.17, 15) is 4.79 Å². The van der Waals surface area contributed by atoms with Crippen LogP contribution in [0.3, 0.4) is 0 Å². The highest BCUT2D eigenvalue weighted by Gasteiger charge is 2.31. The predicted octanol–water partition coefficient (Wildman–Crippen LogP) is 1.39. The Labute approximate surface area is 127 Å². The Bertz CT molecular complexity index is 835. The maximum Gasteiger partial charge on any atom is 0.259 e. The molecule has 0 spiro atoms. The predicted molar refractivity (Wildman–Crippen MR) is 79.6 cm³/mol. The summed E-state index contributed by atoms with van der Waals surface area (Å²) >= 11 is 0. The number of rotatable bonds is 2. The quantitative estimate of drug-likeness (QED) is 0.775. The van der Waals surface area contributed by atoms with E-state index >= 15 is 0 Å². The molecular weight excluding hydrogens is 280 g/mol. The molecule has 0 aromatic carbocycles. The largest absolute Gasteiger partial charge is 0.346 e. The second kappa shape index (κ2) is 4.94. The number of fused-ring (bicyclic) bond motifs is 1. The maximum atomic E-state index is 12.7. The van der Waals surface area contributed by atoms with Crippen molar-refractivity contribution in [2.75, 3.05) is 13.1 Å². The Morgan fingerprint density at radius 1 is 1.36 bits per heavy atom. The third-order valence-corrected chi connectivity index (χ3v) is 4.09. The summed E-state index contributed by atoms with van der Waals surface area (Å²) < 4.78 is 1.62. The first-order valence-corrected chi connectivity index (χ1v) is 7.31. The van der Waals surface area contributed by atoms with Gasteiger partial charge in [0, 0.05) is 43.3 Å². The van der Waals surface area contributed by atoms with Gasteiger partial charge in [0.2, 0.25) is 0 Å². The summed E-state index contributed by atoms with van der Waals surface area (Å²) in [5.41, 5.74) is 2.20. The number of H-pyrrole nitrogens is 1. The van der Waals surface area contributed by atoms with Crippen molar-refractivity contribution in [3.63, 3.8) is 0 Å². The molecule has 1 saturated heterocycles. The average molecular weight is 296 g/mol. The average Bonchev–Trinajstić information content (AvgIpc) is 3.25. The van der Waals surface area contributed by atoms with Crippen LogP contribution in [0.25, 0.3) is 5.65 Å². The summed E-state index contributed by atoms with van der Waals surface area (Å²) in [6, 6.07) is 1.79. The van der Waals surface area contributed by atoms with Gasteiger partial charge >= 0.3 is 0 Å². The summed E-state index contributed by atoms with van der Waals surface area (Å²) in [5, 5.41) is 4.18. The third-order valence-electron chi connectivity index (χ3n) is 4.09. The molecule has 0 saturated carbocycles. The highest BCUT2D eigenvalue weighted by atomic mass is 16.2. The Morgan fingerprint density at radius 3 is 3.09 bits per heavy atom. The molecule has 3 aromatic heterocycles. The Morgan fingerprint density at radius 2 is 2.27 bits per heavy atom. The minimum atomic E-state index is -0.0144. The first-order valence-electron chi connectivity index (χ1n) is 7.31. The lowest BCUT2D eigenvalue weighted by atomic mass is 10.1. The number of aryl methyl sites for hydroxylation is 1. The first-order chi connectivity index (χ1) is 10.7. The van der Waals surface area contributed by atoms with Crippen LogP contribution in [0, 0.1) is 6.92 Å². The second-order valence-electron chi connectivity index (χ2n) is 5.63. The number of hydrogen-bond donors (Lipinski definition) is 1. The molecule has 7 nitrogen and oxygen atoms in total. The van der Waals surface area contributed by atoms with Crippen LogP contribution in [0.4, 0.5) is 0 Å². The van der Waals surface area contributed by atoms with Crippen molar-refractivity contribution in [3.05, 3.63) is 47.9 Å². The number of nitrogens with one attached hydrogen (secondary N) is 1. The zero-order chi connectivity index (χ0) is 15.1. The molecule has 4 rings (SSSR count). The van der Waals surface area contributed by atoms with Crippen LogP contribution in [0.15, 0.2) is 30.9 Å². The lowest BCUT2D eigenvalue weighted by Gasteiger charge is -2.15. The van der Waals surface area contributed by atoms with Crippen LogP contribution in [0.2, 0.25) is 0 Å². The molecule has 0 radical (unpaired) electrons. The SMILES string of the molecule is Cc1cnc([C@H]2CCN(C(=O)c3cnn4cccnc34)C2)[nH]1. The minimum absolute atomic E-state index is 0.0144. The number of hydrogen-bond acceptors (Lipinski definition) is 4. The van der Waals surface area contributed by atoms with Crippen LogP contribution in [0.1, 0.15) is 34.2 Å². The molecular formula is C15H16N6O. The lowest BCUT2D eigenvalue weighted by Crippen LogP contribution is -2.28. The van der Waals surface area contributed by atoms with Crippen molar-refractivity contribution < 1.29 is 4.79 Å². The summed E-state index contributed by atoms with van der Waals surface area (Å²) in [7, 11) is 0. The fourth-order valence-corrected chi connectivity index (χ4v) is 2.96. The van der Waals surface area contributed by atoms with E-state index in [1.807, 2.05) is 18.0 Å². The standard InChI is InChI=1S/C15H16N6O/c1-10-7-17-13(19-10)11-3-6-20(9-11)15(22)12-8-18-21-5-2-4-16-14(12)21/h2,4-5,7-8,11H,3,6,9H2,1H3,(H,17,19)/t11-/m0/s1. The van der Waals surface area contributed by atoms with Crippen LogP contribution < -0.4 is 0 Å². The zero-order valence-electron chi connectivity index (χ0n) is 12.2. The Hall–Kier alpha value is -2.70. The number of imidazole rings is 1. The van der Waals surface area contributed by atoms with E-state index in [0.717, 1.165) is 24.5 Å². The van der Waals surface area contributed by atoms with E-state index < -0.39 is 0 Å². The highest BCUT2D eigenvalue weighted by Crippen LogP contribution is 2.26. The van der Waals surface area contributed by atoms with Gasteiger partial charge in [0.25, 0.3) is 5.91 Å². The number of likely N-dealkylation sites (tertiary alicyclic amines) is 1. The lowest BCUT2D eigenvalue weighted by molar-refractivity contribution is 0.0792. The van der Waals surface area contributed by atoms with Crippen LogP contribution in [0.5, 0.6) is 0 Å². The van der Waals surface area contributed by atoms with Crippen molar-refractivity contribution in [1.29, 1.82) is 0 Å². The van der Waals surface area contributed by atoms with Gasteiger partial charge in [0.1, 0.15) is 11.4 Å². The number of aromatic nitrogens is 5. The fraction of sp³-hybridized carbons (Fsp3) is 0.333. The molecule has 1 N–H and O–H groups in total. The molecule has 22 heavy (non-hydrogen) atoms. The smallest absolute Gasteiger partial charge is 0.259 e. The topological polar surface area (TPSA) is 79.2 Å². The normalized spacial score (nSPS) is 18.2. The molecule has 1 atom stereocenters. The zero-order valence-corrected chi connectivity index (χ0v) is 12.2. The molecule has 1 amide bonds. The van der Waals surface area contributed by atoms with Gasteiger partial charge in [-0.3, -0.25) is 4.79 Å². The Kier molecular flexibility index (Phi) is 2.92. The molecule has 1 fully saturated rings. The monoisotopic (exact) mass is 296 g/mol. The van der Waals surface area contributed by atoms with Gasteiger partial charge in [-0.2, -0.15) is 5.10 Å². The van der Waals surface area contributed by atoms with Crippen LogP contribution in [-0.4, -0.2) is 48.5 Å². The van der Waals surface area contributed by atoms with E-state index in [1.54, 1.807) is 29.2 Å². The number of nitrogens with zero attached hydrogens (tertiary/aromatic N) is 5. The Balaban J connectivity index is 1.57. The van der Waals surface area contributed by atoms with Crippen molar-refractivity contribution in [3.8, 4) is 0 Å². The van der Waals surface area contributed by atoms with Gasteiger partial charge in [0.15, 0.2) is 5.65 Å². The summed E-state index contributed by atoms with van der Waals surface area (Å²) in [6.45, 7) is 3.39. The van der Waals surface area contributed by atoms with E-state index in [0.29, 0.717) is 17.8 Å². The number of carbonyl (C=O) groups is 1. The molecule has 0 unspecified atom stereocenters. The maximum absolute atomic E-state index is 12.7. The minimum Gasteiger partial charge on any atom is -0.346 e. The number of carbonyl (C=O) groups excluding carboxylic acids is 1. The molecule has 0 bridgehead atoms. The number of amides is 1.